The first-order chi connectivity index (χ1) is 11.8. The molecule has 1 aromatic rings. The van der Waals surface area contributed by atoms with Crippen molar-refractivity contribution >= 4 is 15.9 Å². The second-order valence-corrected chi connectivity index (χ2v) is 9.25. The van der Waals surface area contributed by atoms with Crippen molar-refractivity contribution in [1.82, 2.24) is 9.62 Å². The Labute approximate surface area is 150 Å². The van der Waals surface area contributed by atoms with Crippen LogP contribution in [0.15, 0.2) is 23.1 Å². The highest BCUT2D eigenvalue weighted by atomic mass is 32.2. The van der Waals surface area contributed by atoms with Crippen molar-refractivity contribution in [3.8, 4) is 0 Å². The molecule has 138 valence electrons. The van der Waals surface area contributed by atoms with E-state index in [2.05, 4.69) is 5.32 Å². The molecular formula is C18H28N3O3S+. The van der Waals surface area contributed by atoms with Crippen LogP contribution in [0.5, 0.6) is 0 Å². The van der Waals surface area contributed by atoms with Crippen molar-refractivity contribution in [2.24, 2.45) is 0 Å². The quantitative estimate of drug-likeness (QED) is 0.762. The summed E-state index contributed by atoms with van der Waals surface area (Å²) in [5.41, 5.74) is 2.07. The van der Waals surface area contributed by atoms with Gasteiger partial charge in [0.2, 0.25) is 10.0 Å². The van der Waals surface area contributed by atoms with E-state index in [9.17, 15) is 13.2 Å². The monoisotopic (exact) mass is 366 g/mol. The second-order valence-electron chi connectivity index (χ2n) is 7.31. The van der Waals surface area contributed by atoms with E-state index in [-0.39, 0.29) is 11.9 Å². The Morgan fingerprint density at radius 2 is 1.84 bits per heavy atom. The molecule has 25 heavy (non-hydrogen) atoms. The van der Waals surface area contributed by atoms with Crippen molar-refractivity contribution in [1.29, 1.82) is 0 Å². The Morgan fingerprint density at radius 3 is 2.40 bits per heavy atom. The number of sulfonamides is 1. The van der Waals surface area contributed by atoms with Gasteiger partial charge in [-0.1, -0.05) is 6.07 Å². The van der Waals surface area contributed by atoms with Gasteiger partial charge in [0.15, 0.2) is 6.04 Å². The van der Waals surface area contributed by atoms with Crippen LogP contribution in [0.2, 0.25) is 0 Å². The number of carbonyl (C=O) groups is 1. The maximum absolute atomic E-state index is 12.9. The third-order valence-corrected chi connectivity index (χ3v) is 7.30. The summed E-state index contributed by atoms with van der Waals surface area (Å²) >= 11 is 0. The van der Waals surface area contributed by atoms with Gasteiger partial charge in [0, 0.05) is 6.04 Å². The van der Waals surface area contributed by atoms with Crippen LogP contribution < -0.4 is 10.2 Å². The Bertz CT molecular complexity index is 751. The summed E-state index contributed by atoms with van der Waals surface area (Å²) in [5.74, 6) is 0.0861. The molecule has 2 fully saturated rings. The summed E-state index contributed by atoms with van der Waals surface area (Å²) in [6.07, 6.45) is 2.16. The number of piperazine rings is 1. The summed E-state index contributed by atoms with van der Waals surface area (Å²) in [6, 6.07) is 5.51. The highest BCUT2D eigenvalue weighted by Gasteiger charge is 2.35. The zero-order valence-corrected chi connectivity index (χ0v) is 16.0. The first kappa shape index (κ1) is 18.4. The summed E-state index contributed by atoms with van der Waals surface area (Å²) in [7, 11) is -3.46. The molecule has 1 saturated carbocycles. The van der Waals surface area contributed by atoms with E-state index in [0.29, 0.717) is 37.1 Å². The molecule has 6 nitrogen and oxygen atoms in total. The van der Waals surface area contributed by atoms with Gasteiger partial charge in [0.25, 0.3) is 5.91 Å². The van der Waals surface area contributed by atoms with Gasteiger partial charge >= 0.3 is 0 Å². The SMILES string of the molecule is Cc1ccc(S(=O)(=O)N2CC[NH+]([C@@H](C)C(=O)NC3CC3)CC2)cc1C. The molecule has 1 aliphatic carbocycles. The van der Waals surface area contributed by atoms with Gasteiger partial charge in [0.05, 0.1) is 31.1 Å². The fourth-order valence-electron chi connectivity index (χ4n) is 3.21. The number of rotatable bonds is 5. The number of hydrogen-bond donors (Lipinski definition) is 2. The van der Waals surface area contributed by atoms with Gasteiger partial charge in [-0.3, -0.25) is 4.79 Å². The van der Waals surface area contributed by atoms with Crippen LogP contribution in [0.4, 0.5) is 0 Å². The van der Waals surface area contributed by atoms with Crippen LogP contribution in [0, 0.1) is 13.8 Å². The Morgan fingerprint density at radius 1 is 1.20 bits per heavy atom. The van der Waals surface area contributed by atoms with E-state index in [1.165, 1.54) is 0 Å². The number of hydrogen-bond acceptors (Lipinski definition) is 3. The number of benzene rings is 1. The minimum Gasteiger partial charge on any atom is -0.348 e. The second kappa shape index (κ2) is 7.05. The highest BCUT2D eigenvalue weighted by molar-refractivity contribution is 7.89. The topological polar surface area (TPSA) is 70.9 Å². The summed E-state index contributed by atoms with van der Waals surface area (Å²) < 4.78 is 27.3. The van der Waals surface area contributed by atoms with Gasteiger partial charge in [-0.25, -0.2) is 8.42 Å². The minimum atomic E-state index is -3.46. The van der Waals surface area contributed by atoms with Crippen molar-refractivity contribution in [2.45, 2.75) is 50.6 Å². The number of aryl methyl sites for hydroxylation is 2. The van der Waals surface area contributed by atoms with Crippen molar-refractivity contribution in [2.75, 3.05) is 26.2 Å². The normalized spacial score (nSPS) is 21.1. The average molecular weight is 367 g/mol. The first-order valence-electron chi connectivity index (χ1n) is 9.01. The largest absolute Gasteiger partial charge is 0.348 e. The lowest BCUT2D eigenvalue weighted by Gasteiger charge is -2.34. The third kappa shape index (κ3) is 4.04. The number of carbonyl (C=O) groups excluding carboxylic acids is 1. The van der Waals surface area contributed by atoms with Crippen LogP contribution >= 0.6 is 0 Å². The van der Waals surface area contributed by atoms with Gasteiger partial charge in [0.1, 0.15) is 0 Å². The maximum Gasteiger partial charge on any atom is 0.278 e. The molecule has 0 radical (unpaired) electrons. The third-order valence-electron chi connectivity index (χ3n) is 5.41. The van der Waals surface area contributed by atoms with Gasteiger partial charge in [-0.05, 0) is 56.9 Å². The zero-order valence-electron chi connectivity index (χ0n) is 15.2. The van der Waals surface area contributed by atoms with Crippen molar-refractivity contribution in [3.05, 3.63) is 29.3 Å². The smallest absolute Gasteiger partial charge is 0.278 e. The molecule has 1 aliphatic heterocycles. The molecule has 0 spiro atoms. The molecule has 1 heterocycles. The lowest BCUT2D eigenvalue weighted by atomic mass is 10.1. The van der Waals surface area contributed by atoms with Crippen LogP contribution in [-0.4, -0.2) is 56.9 Å². The molecule has 2 aliphatic rings. The van der Waals surface area contributed by atoms with Crippen molar-refractivity contribution < 1.29 is 18.1 Å². The Balaban J connectivity index is 1.62. The molecule has 0 bridgehead atoms. The first-order valence-corrected chi connectivity index (χ1v) is 10.5. The molecule has 0 unspecified atom stereocenters. The standard InChI is InChI=1S/C18H27N3O3S/c1-13-4-7-17(12-14(13)2)25(23,24)21-10-8-20(9-11-21)15(3)18(22)19-16-5-6-16/h4,7,12,15-16H,5-6,8-11H2,1-3H3,(H,19,22)/p+1/t15-/m0/s1. The Kier molecular flexibility index (Phi) is 5.18. The summed E-state index contributed by atoms with van der Waals surface area (Å²) in [6.45, 7) is 8.04. The number of nitrogens with zero attached hydrogens (tertiary/aromatic N) is 1. The maximum atomic E-state index is 12.9. The van der Waals surface area contributed by atoms with Gasteiger partial charge in [-0.15, -0.1) is 0 Å². The molecule has 1 aromatic carbocycles. The number of nitrogens with one attached hydrogen (secondary N) is 2. The molecule has 1 atom stereocenters. The van der Waals surface area contributed by atoms with Crippen LogP contribution in [0.3, 0.4) is 0 Å². The molecule has 0 aromatic heterocycles. The predicted molar refractivity (Wildman–Crippen MR) is 96.0 cm³/mol. The van der Waals surface area contributed by atoms with Crippen LogP contribution in [0.25, 0.3) is 0 Å². The van der Waals surface area contributed by atoms with E-state index >= 15 is 0 Å². The van der Waals surface area contributed by atoms with Gasteiger partial charge < -0.3 is 10.2 Å². The molecule has 1 saturated heterocycles. The molecule has 1 amide bonds. The number of quaternary nitrogens is 1. The van der Waals surface area contributed by atoms with Crippen molar-refractivity contribution in [3.63, 3.8) is 0 Å². The predicted octanol–water partition coefficient (Wildman–Crippen LogP) is -0.140. The molecule has 7 heteroatoms. The highest BCUT2D eigenvalue weighted by Crippen LogP contribution is 2.20. The zero-order chi connectivity index (χ0) is 18.2. The fraction of sp³-hybridized carbons (Fsp3) is 0.611. The molecule has 2 N–H and O–H groups in total. The summed E-state index contributed by atoms with van der Waals surface area (Å²) in [5, 5.41) is 3.04. The minimum absolute atomic E-state index is 0.0861. The van der Waals surface area contributed by atoms with E-state index < -0.39 is 10.0 Å². The van der Waals surface area contributed by atoms with E-state index in [0.717, 1.165) is 28.9 Å². The fourth-order valence-corrected chi connectivity index (χ4v) is 4.74. The Hall–Kier alpha value is -1.44. The lowest BCUT2D eigenvalue weighted by Crippen LogP contribution is -3.19. The van der Waals surface area contributed by atoms with Gasteiger partial charge in [-0.2, -0.15) is 4.31 Å². The average Bonchev–Trinajstić information content (AvgIpc) is 3.40. The molecule has 3 rings (SSSR count). The van der Waals surface area contributed by atoms with Crippen LogP contribution in [0.1, 0.15) is 30.9 Å². The summed E-state index contributed by atoms with van der Waals surface area (Å²) in [4.78, 5) is 13.7. The van der Waals surface area contributed by atoms with E-state index in [4.69, 9.17) is 0 Å². The van der Waals surface area contributed by atoms with Crippen LogP contribution in [-0.2, 0) is 14.8 Å². The van der Waals surface area contributed by atoms with E-state index in [1.54, 1.807) is 16.4 Å². The molecular weight excluding hydrogens is 338 g/mol. The van der Waals surface area contributed by atoms with E-state index in [1.807, 2.05) is 26.8 Å². The number of amides is 1. The lowest BCUT2D eigenvalue weighted by molar-refractivity contribution is -0.917.